The van der Waals surface area contributed by atoms with Crippen molar-refractivity contribution in [3.05, 3.63) is 34.9 Å². The fourth-order valence-corrected chi connectivity index (χ4v) is 1.53. The molecule has 0 aromatic heterocycles. The second kappa shape index (κ2) is 4.09. The molecule has 1 rings (SSSR count). The average molecular weight is 173 g/mol. The van der Waals surface area contributed by atoms with E-state index in [0.717, 1.165) is 6.42 Å². The first-order valence-corrected chi connectivity index (χ1v) is 4.66. The van der Waals surface area contributed by atoms with Gasteiger partial charge in [0.25, 0.3) is 0 Å². The van der Waals surface area contributed by atoms with Crippen molar-refractivity contribution in [1.82, 2.24) is 0 Å². The van der Waals surface area contributed by atoms with Gasteiger partial charge < -0.3 is 0 Å². The molecule has 1 atom stereocenters. The monoisotopic (exact) mass is 173 g/mol. The molecule has 13 heavy (non-hydrogen) atoms. The van der Waals surface area contributed by atoms with Gasteiger partial charge in [-0.2, -0.15) is 5.26 Å². The first-order chi connectivity index (χ1) is 6.20. The number of rotatable bonds is 2. The van der Waals surface area contributed by atoms with Crippen LogP contribution in [0.4, 0.5) is 0 Å². The van der Waals surface area contributed by atoms with Crippen molar-refractivity contribution in [1.29, 1.82) is 5.26 Å². The maximum atomic E-state index is 8.94. The number of nitrogens with zero attached hydrogens (tertiary/aromatic N) is 1. The summed E-state index contributed by atoms with van der Waals surface area (Å²) < 4.78 is 0. The molecule has 1 aromatic carbocycles. The summed E-state index contributed by atoms with van der Waals surface area (Å²) in [5.74, 6) is 0.0555. The van der Waals surface area contributed by atoms with E-state index in [1.165, 1.54) is 16.7 Å². The minimum Gasteiger partial charge on any atom is -0.198 e. The Kier molecular flexibility index (Phi) is 3.08. The normalized spacial score (nSPS) is 12.2. The van der Waals surface area contributed by atoms with E-state index in [1.54, 1.807) is 0 Å². The molecule has 1 heteroatoms. The summed E-state index contributed by atoms with van der Waals surface area (Å²) in [6.45, 7) is 6.23. The number of aryl methyl sites for hydroxylation is 1. The predicted octanol–water partition coefficient (Wildman–Crippen LogP) is 3.32. The van der Waals surface area contributed by atoms with E-state index >= 15 is 0 Å². The Morgan fingerprint density at radius 3 is 2.62 bits per heavy atom. The van der Waals surface area contributed by atoms with Gasteiger partial charge in [0.1, 0.15) is 0 Å². The van der Waals surface area contributed by atoms with Crippen LogP contribution in [0.2, 0.25) is 0 Å². The zero-order chi connectivity index (χ0) is 9.84. The van der Waals surface area contributed by atoms with Gasteiger partial charge in [-0.1, -0.05) is 25.1 Å². The Morgan fingerprint density at radius 1 is 1.38 bits per heavy atom. The molecule has 0 heterocycles. The van der Waals surface area contributed by atoms with Crippen molar-refractivity contribution in [2.24, 2.45) is 0 Å². The van der Waals surface area contributed by atoms with E-state index in [-0.39, 0.29) is 5.92 Å². The topological polar surface area (TPSA) is 23.8 Å². The largest absolute Gasteiger partial charge is 0.198 e. The third-order valence-electron chi connectivity index (χ3n) is 2.59. The fourth-order valence-electron chi connectivity index (χ4n) is 1.53. The lowest BCUT2D eigenvalue weighted by atomic mass is 9.92. The SMILES string of the molecule is CCC(C#N)c1cccc(C)c1C. The molecule has 68 valence electrons. The van der Waals surface area contributed by atoms with Gasteiger partial charge in [0, 0.05) is 0 Å². The molecule has 1 nitrogen and oxygen atoms in total. The summed E-state index contributed by atoms with van der Waals surface area (Å²) in [5.41, 5.74) is 3.71. The van der Waals surface area contributed by atoms with Crippen LogP contribution >= 0.6 is 0 Å². The van der Waals surface area contributed by atoms with E-state index in [2.05, 4.69) is 39.0 Å². The van der Waals surface area contributed by atoms with Crippen LogP contribution in [0.15, 0.2) is 18.2 Å². The molecule has 0 bridgehead atoms. The lowest BCUT2D eigenvalue weighted by Gasteiger charge is -2.11. The highest BCUT2D eigenvalue weighted by Gasteiger charge is 2.10. The third kappa shape index (κ3) is 1.89. The molecule has 0 spiro atoms. The summed E-state index contributed by atoms with van der Waals surface area (Å²) >= 11 is 0. The van der Waals surface area contributed by atoms with Gasteiger partial charge in [-0.3, -0.25) is 0 Å². The van der Waals surface area contributed by atoms with Crippen molar-refractivity contribution in [3.63, 3.8) is 0 Å². The highest BCUT2D eigenvalue weighted by Crippen LogP contribution is 2.23. The molecule has 0 saturated heterocycles. The number of hydrogen-bond acceptors (Lipinski definition) is 1. The van der Waals surface area contributed by atoms with E-state index in [1.807, 2.05) is 6.07 Å². The quantitative estimate of drug-likeness (QED) is 0.673. The van der Waals surface area contributed by atoms with Crippen molar-refractivity contribution in [3.8, 4) is 6.07 Å². The first kappa shape index (κ1) is 9.80. The summed E-state index contributed by atoms with van der Waals surface area (Å²) in [5, 5.41) is 8.94. The molecule has 0 aliphatic rings. The number of nitriles is 1. The van der Waals surface area contributed by atoms with Crippen LogP contribution in [-0.2, 0) is 0 Å². The van der Waals surface area contributed by atoms with Gasteiger partial charge in [0.15, 0.2) is 0 Å². The number of hydrogen-bond donors (Lipinski definition) is 0. The van der Waals surface area contributed by atoms with Gasteiger partial charge in [0.2, 0.25) is 0 Å². The Hall–Kier alpha value is -1.29. The second-order valence-corrected chi connectivity index (χ2v) is 3.38. The summed E-state index contributed by atoms with van der Waals surface area (Å²) in [7, 11) is 0. The van der Waals surface area contributed by atoms with Crippen LogP contribution in [0.3, 0.4) is 0 Å². The smallest absolute Gasteiger partial charge is 0.0712 e. The minimum absolute atomic E-state index is 0.0555. The average Bonchev–Trinajstić information content (AvgIpc) is 2.14. The lowest BCUT2D eigenvalue weighted by Crippen LogP contribution is -1.98. The number of benzene rings is 1. The van der Waals surface area contributed by atoms with Crippen LogP contribution in [0.5, 0.6) is 0 Å². The van der Waals surface area contributed by atoms with Gasteiger partial charge in [-0.05, 0) is 37.0 Å². The Labute approximate surface area is 80.0 Å². The second-order valence-electron chi connectivity index (χ2n) is 3.38. The fraction of sp³-hybridized carbons (Fsp3) is 0.417. The van der Waals surface area contributed by atoms with Crippen LogP contribution in [-0.4, -0.2) is 0 Å². The van der Waals surface area contributed by atoms with Crippen molar-refractivity contribution in [2.45, 2.75) is 33.1 Å². The van der Waals surface area contributed by atoms with Crippen molar-refractivity contribution in [2.75, 3.05) is 0 Å². The van der Waals surface area contributed by atoms with Crippen molar-refractivity contribution >= 4 is 0 Å². The lowest BCUT2D eigenvalue weighted by molar-refractivity contribution is 0.810. The van der Waals surface area contributed by atoms with Crippen molar-refractivity contribution < 1.29 is 0 Å². The Morgan fingerprint density at radius 2 is 2.08 bits per heavy atom. The van der Waals surface area contributed by atoms with E-state index in [0.29, 0.717) is 0 Å². The molecule has 0 aliphatic carbocycles. The third-order valence-corrected chi connectivity index (χ3v) is 2.59. The standard InChI is InChI=1S/C12H15N/c1-4-11(8-13)12-7-5-6-9(2)10(12)3/h5-7,11H,4H2,1-3H3. The first-order valence-electron chi connectivity index (χ1n) is 4.66. The Balaban J connectivity index is 3.15. The molecule has 0 fully saturated rings. The molecule has 0 N–H and O–H groups in total. The summed E-state index contributed by atoms with van der Waals surface area (Å²) in [6.07, 6.45) is 0.890. The van der Waals surface area contributed by atoms with Gasteiger partial charge >= 0.3 is 0 Å². The molecule has 0 radical (unpaired) electrons. The maximum absolute atomic E-state index is 8.94. The van der Waals surface area contributed by atoms with E-state index < -0.39 is 0 Å². The van der Waals surface area contributed by atoms with Crippen LogP contribution < -0.4 is 0 Å². The Bertz CT molecular complexity index is 333. The van der Waals surface area contributed by atoms with Gasteiger partial charge in [0.05, 0.1) is 12.0 Å². The molecule has 0 saturated carbocycles. The van der Waals surface area contributed by atoms with Crippen LogP contribution in [0.25, 0.3) is 0 Å². The van der Waals surface area contributed by atoms with Gasteiger partial charge in [-0.15, -0.1) is 0 Å². The molecule has 1 aromatic rings. The highest BCUT2D eigenvalue weighted by molar-refractivity contribution is 5.37. The molecular weight excluding hydrogens is 158 g/mol. The predicted molar refractivity (Wildman–Crippen MR) is 54.6 cm³/mol. The van der Waals surface area contributed by atoms with Crippen LogP contribution in [0.1, 0.15) is 36.0 Å². The van der Waals surface area contributed by atoms with E-state index in [9.17, 15) is 0 Å². The molecule has 0 amide bonds. The molecule has 1 unspecified atom stereocenters. The summed E-state index contributed by atoms with van der Waals surface area (Å²) in [4.78, 5) is 0. The summed E-state index contributed by atoms with van der Waals surface area (Å²) in [6, 6.07) is 8.50. The highest BCUT2D eigenvalue weighted by atomic mass is 14.3. The molecule has 0 aliphatic heterocycles. The minimum atomic E-state index is 0.0555. The van der Waals surface area contributed by atoms with E-state index in [4.69, 9.17) is 5.26 Å². The zero-order valence-corrected chi connectivity index (χ0v) is 8.46. The van der Waals surface area contributed by atoms with Crippen LogP contribution in [0, 0.1) is 25.2 Å². The molecular formula is C12H15N. The van der Waals surface area contributed by atoms with Gasteiger partial charge in [-0.25, -0.2) is 0 Å². The zero-order valence-electron chi connectivity index (χ0n) is 8.46. The maximum Gasteiger partial charge on any atom is 0.0712 e.